The molecular weight excluding hydrogens is 244 g/mol. The van der Waals surface area contributed by atoms with Gasteiger partial charge in [0.1, 0.15) is 0 Å². The number of H-pyrrole nitrogens is 1. The minimum absolute atomic E-state index is 0.0390. The second-order valence-electron chi connectivity index (χ2n) is 5.07. The molecule has 1 aromatic heterocycles. The zero-order valence-electron chi connectivity index (χ0n) is 10.6. The predicted octanol–water partition coefficient (Wildman–Crippen LogP) is 1.72. The number of carbonyl (C=O) groups is 1. The van der Waals surface area contributed by atoms with Gasteiger partial charge < -0.3 is 9.73 Å². The van der Waals surface area contributed by atoms with Crippen molar-refractivity contribution in [1.29, 1.82) is 0 Å². The Kier molecular flexibility index (Phi) is 3.11. The Morgan fingerprint density at radius 1 is 1.37 bits per heavy atom. The maximum absolute atomic E-state index is 11.9. The highest BCUT2D eigenvalue weighted by molar-refractivity contribution is 5.81. The molecule has 1 amide bonds. The number of rotatable bonds is 3. The molecular formula is C14H16N2O3. The van der Waals surface area contributed by atoms with Crippen LogP contribution in [0.4, 0.5) is 0 Å². The fourth-order valence-corrected chi connectivity index (χ4v) is 2.64. The smallest absolute Gasteiger partial charge is 0.408 e. The molecule has 1 heterocycles. The fourth-order valence-electron chi connectivity index (χ4n) is 2.64. The Balaban J connectivity index is 1.69. The van der Waals surface area contributed by atoms with E-state index in [1.54, 1.807) is 12.1 Å². The molecule has 100 valence electrons. The van der Waals surface area contributed by atoms with Crippen molar-refractivity contribution in [2.24, 2.45) is 0 Å². The number of benzene rings is 1. The molecule has 1 fully saturated rings. The van der Waals surface area contributed by atoms with Gasteiger partial charge in [0, 0.05) is 6.04 Å². The van der Waals surface area contributed by atoms with Crippen molar-refractivity contribution in [1.82, 2.24) is 10.3 Å². The van der Waals surface area contributed by atoms with E-state index in [1.807, 2.05) is 6.07 Å². The van der Waals surface area contributed by atoms with Gasteiger partial charge in [-0.15, -0.1) is 0 Å². The molecule has 1 aliphatic rings. The Hall–Kier alpha value is -2.04. The van der Waals surface area contributed by atoms with Gasteiger partial charge >= 0.3 is 5.76 Å². The number of carbonyl (C=O) groups excluding carboxylic acids is 1. The minimum atomic E-state index is -0.470. The number of fused-ring (bicyclic) bond motifs is 1. The second kappa shape index (κ2) is 4.91. The van der Waals surface area contributed by atoms with E-state index >= 15 is 0 Å². The van der Waals surface area contributed by atoms with Crippen LogP contribution >= 0.6 is 0 Å². The maximum Gasteiger partial charge on any atom is 0.417 e. The Morgan fingerprint density at radius 2 is 2.16 bits per heavy atom. The van der Waals surface area contributed by atoms with Crippen molar-refractivity contribution in [2.45, 2.75) is 38.1 Å². The van der Waals surface area contributed by atoms with E-state index in [0.717, 1.165) is 18.4 Å². The number of aromatic nitrogens is 1. The van der Waals surface area contributed by atoms with E-state index < -0.39 is 5.76 Å². The number of nitrogens with one attached hydrogen (secondary N) is 2. The van der Waals surface area contributed by atoms with E-state index in [4.69, 9.17) is 4.42 Å². The van der Waals surface area contributed by atoms with E-state index in [9.17, 15) is 9.59 Å². The molecule has 2 N–H and O–H groups in total. The average molecular weight is 260 g/mol. The first kappa shape index (κ1) is 12.0. The van der Waals surface area contributed by atoms with Crippen LogP contribution in [0.1, 0.15) is 31.2 Å². The van der Waals surface area contributed by atoms with Gasteiger partial charge in [-0.25, -0.2) is 4.79 Å². The van der Waals surface area contributed by atoms with Crippen LogP contribution in [0.3, 0.4) is 0 Å². The van der Waals surface area contributed by atoms with Gasteiger partial charge in [-0.2, -0.15) is 0 Å². The standard InChI is InChI=1S/C14H16N2O3/c17-13(15-10-3-1-2-4-10)8-9-5-6-12-11(7-9)16-14(18)19-12/h5-7,10H,1-4,8H2,(H,15,17)(H,16,18). The van der Waals surface area contributed by atoms with Crippen molar-refractivity contribution >= 4 is 17.0 Å². The molecule has 2 aromatic rings. The van der Waals surface area contributed by atoms with E-state index in [2.05, 4.69) is 10.3 Å². The van der Waals surface area contributed by atoms with Gasteiger partial charge in [0.2, 0.25) is 5.91 Å². The second-order valence-corrected chi connectivity index (χ2v) is 5.07. The van der Waals surface area contributed by atoms with Crippen LogP contribution in [0, 0.1) is 0 Å². The summed E-state index contributed by atoms with van der Waals surface area (Å²) in [6.07, 6.45) is 4.90. The highest BCUT2D eigenvalue weighted by Gasteiger charge is 2.17. The maximum atomic E-state index is 11.9. The summed E-state index contributed by atoms with van der Waals surface area (Å²) in [5.41, 5.74) is 2.03. The Labute approximate surface area is 110 Å². The molecule has 3 rings (SSSR count). The Morgan fingerprint density at radius 3 is 2.95 bits per heavy atom. The molecule has 0 saturated heterocycles. The summed E-state index contributed by atoms with van der Waals surface area (Å²) in [4.78, 5) is 25.5. The lowest BCUT2D eigenvalue weighted by Crippen LogP contribution is -2.33. The summed E-state index contributed by atoms with van der Waals surface area (Å²) < 4.78 is 4.92. The molecule has 1 aromatic carbocycles. The van der Waals surface area contributed by atoms with Gasteiger partial charge in [-0.1, -0.05) is 18.9 Å². The topological polar surface area (TPSA) is 75.1 Å². The van der Waals surface area contributed by atoms with Gasteiger partial charge in [0.25, 0.3) is 0 Å². The number of oxazole rings is 1. The largest absolute Gasteiger partial charge is 0.417 e. The third-order valence-electron chi connectivity index (χ3n) is 3.57. The third-order valence-corrected chi connectivity index (χ3v) is 3.57. The van der Waals surface area contributed by atoms with Crippen LogP contribution in [0.2, 0.25) is 0 Å². The van der Waals surface area contributed by atoms with Gasteiger partial charge in [0.15, 0.2) is 5.58 Å². The van der Waals surface area contributed by atoms with Crippen LogP contribution in [-0.4, -0.2) is 16.9 Å². The zero-order chi connectivity index (χ0) is 13.2. The number of aromatic amines is 1. The number of amides is 1. The first-order valence-corrected chi connectivity index (χ1v) is 6.62. The molecule has 0 spiro atoms. The average Bonchev–Trinajstić information content (AvgIpc) is 2.96. The van der Waals surface area contributed by atoms with Crippen LogP contribution in [-0.2, 0) is 11.2 Å². The SMILES string of the molecule is O=C(Cc1ccc2oc(=O)[nH]c2c1)NC1CCCC1. The van der Waals surface area contributed by atoms with Crippen molar-refractivity contribution in [2.75, 3.05) is 0 Å². The molecule has 0 bridgehead atoms. The van der Waals surface area contributed by atoms with Crippen LogP contribution in [0.15, 0.2) is 27.4 Å². The lowest BCUT2D eigenvalue weighted by molar-refractivity contribution is -0.121. The minimum Gasteiger partial charge on any atom is -0.408 e. The molecule has 1 saturated carbocycles. The van der Waals surface area contributed by atoms with Gasteiger partial charge in [-0.05, 0) is 30.5 Å². The molecule has 0 unspecified atom stereocenters. The summed E-state index contributed by atoms with van der Waals surface area (Å²) in [7, 11) is 0. The monoisotopic (exact) mass is 260 g/mol. The summed E-state index contributed by atoms with van der Waals surface area (Å²) in [5, 5.41) is 3.05. The summed E-state index contributed by atoms with van der Waals surface area (Å²) in [5.74, 6) is -0.431. The molecule has 5 nitrogen and oxygen atoms in total. The molecule has 1 aliphatic carbocycles. The van der Waals surface area contributed by atoms with Gasteiger partial charge in [0.05, 0.1) is 11.9 Å². The summed E-state index contributed by atoms with van der Waals surface area (Å²) >= 11 is 0. The number of hydrogen-bond donors (Lipinski definition) is 2. The predicted molar refractivity (Wildman–Crippen MR) is 70.9 cm³/mol. The van der Waals surface area contributed by atoms with E-state index in [-0.39, 0.29) is 5.91 Å². The third kappa shape index (κ3) is 2.70. The summed E-state index contributed by atoms with van der Waals surface area (Å²) in [6, 6.07) is 5.65. The molecule has 0 radical (unpaired) electrons. The molecule has 19 heavy (non-hydrogen) atoms. The van der Waals surface area contributed by atoms with Gasteiger partial charge in [-0.3, -0.25) is 9.78 Å². The Bertz CT molecular complexity index is 650. The first-order valence-electron chi connectivity index (χ1n) is 6.62. The van der Waals surface area contributed by atoms with Crippen molar-refractivity contribution in [3.05, 3.63) is 34.3 Å². The van der Waals surface area contributed by atoms with Crippen molar-refractivity contribution in [3.63, 3.8) is 0 Å². The highest BCUT2D eigenvalue weighted by atomic mass is 16.4. The fraction of sp³-hybridized carbons (Fsp3) is 0.429. The number of hydrogen-bond acceptors (Lipinski definition) is 3. The molecule has 0 atom stereocenters. The van der Waals surface area contributed by atoms with Crippen molar-refractivity contribution < 1.29 is 9.21 Å². The van der Waals surface area contributed by atoms with E-state index in [1.165, 1.54) is 12.8 Å². The quantitative estimate of drug-likeness (QED) is 0.882. The van der Waals surface area contributed by atoms with Crippen molar-refractivity contribution in [3.8, 4) is 0 Å². The zero-order valence-corrected chi connectivity index (χ0v) is 10.6. The van der Waals surface area contributed by atoms with Crippen LogP contribution in [0.5, 0.6) is 0 Å². The lowest BCUT2D eigenvalue weighted by Gasteiger charge is -2.11. The van der Waals surface area contributed by atoms with Crippen LogP contribution in [0.25, 0.3) is 11.1 Å². The lowest BCUT2D eigenvalue weighted by atomic mass is 10.1. The summed E-state index contributed by atoms with van der Waals surface area (Å²) in [6.45, 7) is 0. The van der Waals surface area contributed by atoms with E-state index in [0.29, 0.717) is 23.6 Å². The molecule has 0 aliphatic heterocycles. The molecule has 5 heteroatoms. The highest BCUT2D eigenvalue weighted by Crippen LogP contribution is 2.18. The first-order chi connectivity index (χ1) is 9.20. The normalized spacial score (nSPS) is 16.0. The van der Waals surface area contributed by atoms with Crippen LogP contribution < -0.4 is 11.1 Å².